The van der Waals surface area contributed by atoms with Gasteiger partial charge < -0.3 is 15.2 Å². The van der Waals surface area contributed by atoms with Crippen LogP contribution in [0.2, 0.25) is 0 Å². The van der Waals surface area contributed by atoms with Crippen molar-refractivity contribution in [3.05, 3.63) is 29.8 Å². The van der Waals surface area contributed by atoms with E-state index in [1.54, 1.807) is 0 Å². The van der Waals surface area contributed by atoms with Gasteiger partial charge in [0.1, 0.15) is 18.5 Å². The molecular formula is C15H23NO2. The number of fused-ring (bicyclic) bond motifs is 1. The predicted octanol–water partition coefficient (Wildman–Crippen LogP) is 2.90. The summed E-state index contributed by atoms with van der Waals surface area (Å²) in [5.41, 5.74) is 7.31. The molecular weight excluding hydrogens is 226 g/mol. The Kier molecular flexibility index (Phi) is 4.61. The van der Waals surface area contributed by atoms with Crippen molar-refractivity contribution < 1.29 is 9.47 Å². The van der Waals surface area contributed by atoms with Crippen molar-refractivity contribution in [2.24, 2.45) is 11.7 Å². The van der Waals surface area contributed by atoms with E-state index in [9.17, 15) is 0 Å². The number of nitrogens with two attached hydrogens (primary N) is 1. The van der Waals surface area contributed by atoms with E-state index in [2.05, 4.69) is 13.8 Å². The molecule has 1 aromatic rings. The van der Waals surface area contributed by atoms with Crippen LogP contribution in [-0.4, -0.2) is 19.3 Å². The fraction of sp³-hybridized carbons (Fsp3) is 0.600. The Morgan fingerprint density at radius 1 is 1.33 bits per heavy atom. The zero-order chi connectivity index (χ0) is 13.0. The van der Waals surface area contributed by atoms with Crippen LogP contribution in [-0.2, 0) is 4.74 Å². The van der Waals surface area contributed by atoms with E-state index < -0.39 is 0 Å². The second kappa shape index (κ2) is 6.21. The van der Waals surface area contributed by atoms with E-state index in [-0.39, 0.29) is 12.1 Å². The number of para-hydroxylation sites is 1. The van der Waals surface area contributed by atoms with Gasteiger partial charge in [0.15, 0.2) is 0 Å². The van der Waals surface area contributed by atoms with Crippen LogP contribution >= 0.6 is 0 Å². The summed E-state index contributed by atoms with van der Waals surface area (Å²) in [6.45, 7) is 5.73. The summed E-state index contributed by atoms with van der Waals surface area (Å²) in [6, 6.07) is 7.87. The minimum absolute atomic E-state index is 0.0273. The Bertz CT molecular complexity index is 377. The maximum atomic E-state index is 6.25. The number of ether oxygens (including phenoxy) is 2. The summed E-state index contributed by atoms with van der Waals surface area (Å²) in [5, 5.41) is 0. The second-order valence-electron chi connectivity index (χ2n) is 4.93. The first-order valence-corrected chi connectivity index (χ1v) is 6.85. The van der Waals surface area contributed by atoms with Gasteiger partial charge >= 0.3 is 0 Å². The summed E-state index contributed by atoms with van der Waals surface area (Å²) >= 11 is 0. The second-order valence-corrected chi connectivity index (χ2v) is 4.93. The molecule has 2 rings (SSSR count). The van der Waals surface area contributed by atoms with Gasteiger partial charge in [-0.05, 0) is 12.0 Å². The Morgan fingerprint density at radius 2 is 2.06 bits per heavy atom. The number of rotatable bonds is 5. The van der Waals surface area contributed by atoms with Crippen LogP contribution < -0.4 is 10.5 Å². The molecule has 1 aliphatic heterocycles. The molecule has 0 fully saturated rings. The van der Waals surface area contributed by atoms with Crippen molar-refractivity contribution in [1.29, 1.82) is 0 Å². The quantitative estimate of drug-likeness (QED) is 0.872. The maximum absolute atomic E-state index is 6.25. The lowest BCUT2D eigenvalue weighted by Crippen LogP contribution is -2.38. The zero-order valence-electron chi connectivity index (χ0n) is 11.3. The molecule has 0 spiro atoms. The van der Waals surface area contributed by atoms with E-state index in [1.165, 1.54) is 0 Å². The van der Waals surface area contributed by atoms with Gasteiger partial charge in [-0.15, -0.1) is 0 Å². The molecule has 2 N–H and O–H groups in total. The van der Waals surface area contributed by atoms with Crippen LogP contribution in [0.5, 0.6) is 5.75 Å². The van der Waals surface area contributed by atoms with Crippen molar-refractivity contribution in [1.82, 2.24) is 0 Å². The minimum Gasteiger partial charge on any atom is -0.490 e. The van der Waals surface area contributed by atoms with Crippen LogP contribution in [0, 0.1) is 5.92 Å². The third kappa shape index (κ3) is 2.85. The molecule has 0 radical (unpaired) electrons. The number of hydrogen-bond donors (Lipinski definition) is 1. The molecule has 2 atom stereocenters. The van der Waals surface area contributed by atoms with Gasteiger partial charge in [0.25, 0.3) is 0 Å². The average Bonchev–Trinajstić information content (AvgIpc) is 2.42. The highest BCUT2D eigenvalue weighted by Crippen LogP contribution is 2.31. The largest absolute Gasteiger partial charge is 0.490 e. The highest BCUT2D eigenvalue weighted by Gasteiger charge is 2.28. The Morgan fingerprint density at radius 3 is 2.78 bits per heavy atom. The van der Waals surface area contributed by atoms with Crippen molar-refractivity contribution >= 4 is 0 Å². The molecule has 1 aliphatic rings. The molecule has 0 saturated heterocycles. The molecule has 2 unspecified atom stereocenters. The summed E-state index contributed by atoms with van der Waals surface area (Å²) in [4.78, 5) is 0. The minimum atomic E-state index is -0.0793. The van der Waals surface area contributed by atoms with Gasteiger partial charge in [-0.25, -0.2) is 0 Å². The van der Waals surface area contributed by atoms with Gasteiger partial charge in [0.05, 0.1) is 12.6 Å². The van der Waals surface area contributed by atoms with Crippen molar-refractivity contribution in [2.45, 2.75) is 38.8 Å². The van der Waals surface area contributed by atoms with Crippen molar-refractivity contribution in [3.8, 4) is 5.75 Å². The van der Waals surface area contributed by atoms with E-state index in [1.807, 2.05) is 24.3 Å². The van der Waals surface area contributed by atoms with E-state index in [4.69, 9.17) is 15.2 Å². The third-order valence-corrected chi connectivity index (χ3v) is 3.78. The van der Waals surface area contributed by atoms with Gasteiger partial charge in [-0.3, -0.25) is 0 Å². The molecule has 1 heterocycles. The molecule has 0 aromatic heterocycles. The third-order valence-electron chi connectivity index (χ3n) is 3.78. The first-order chi connectivity index (χ1) is 8.76. The van der Waals surface area contributed by atoms with Crippen LogP contribution in [0.1, 0.15) is 38.3 Å². The lowest BCUT2D eigenvalue weighted by molar-refractivity contribution is -0.0234. The SMILES string of the molecule is CCC(CC)COC1COc2ccccc2C1N. The van der Waals surface area contributed by atoms with Gasteiger partial charge in [0.2, 0.25) is 0 Å². The monoisotopic (exact) mass is 249 g/mol. The smallest absolute Gasteiger partial charge is 0.124 e. The van der Waals surface area contributed by atoms with Crippen LogP contribution in [0.3, 0.4) is 0 Å². The lowest BCUT2D eigenvalue weighted by atomic mass is 9.98. The van der Waals surface area contributed by atoms with Gasteiger partial charge in [0, 0.05) is 5.56 Å². The number of benzene rings is 1. The predicted molar refractivity (Wildman–Crippen MR) is 72.7 cm³/mol. The van der Waals surface area contributed by atoms with E-state index in [0.29, 0.717) is 12.5 Å². The molecule has 0 bridgehead atoms. The lowest BCUT2D eigenvalue weighted by Gasteiger charge is -2.32. The Balaban J connectivity index is 1.97. The highest BCUT2D eigenvalue weighted by molar-refractivity contribution is 5.38. The Labute approximate surface area is 109 Å². The Hall–Kier alpha value is -1.06. The molecule has 3 heteroatoms. The maximum Gasteiger partial charge on any atom is 0.124 e. The summed E-state index contributed by atoms with van der Waals surface area (Å²) < 4.78 is 11.6. The number of hydrogen-bond acceptors (Lipinski definition) is 3. The first-order valence-electron chi connectivity index (χ1n) is 6.85. The highest BCUT2D eigenvalue weighted by atomic mass is 16.5. The van der Waals surface area contributed by atoms with Gasteiger partial charge in [-0.2, -0.15) is 0 Å². The van der Waals surface area contributed by atoms with E-state index >= 15 is 0 Å². The average molecular weight is 249 g/mol. The van der Waals surface area contributed by atoms with Gasteiger partial charge in [-0.1, -0.05) is 44.9 Å². The van der Waals surface area contributed by atoms with Crippen LogP contribution in [0.25, 0.3) is 0 Å². The fourth-order valence-electron chi connectivity index (χ4n) is 2.30. The molecule has 0 saturated carbocycles. The molecule has 100 valence electrons. The molecule has 18 heavy (non-hydrogen) atoms. The van der Waals surface area contributed by atoms with Crippen LogP contribution in [0.4, 0.5) is 0 Å². The van der Waals surface area contributed by atoms with Crippen LogP contribution in [0.15, 0.2) is 24.3 Å². The fourth-order valence-corrected chi connectivity index (χ4v) is 2.30. The van der Waals surface area contributed by atoms with Crippen molar-refractivity contribution in [3.63, 3.8) is 0 Å². The molecule has 0 aliphatic carbocycles. The standard InChI is InChI=1S/C15H23NO2/c1-3-11(4-2)9-17-14-10-18-13-8-6-5-7-12(13)15(14)16/h5-8,11,14-15H,3-4,9-10,16H2,1-2H3. The molecule has 0 amide bonds. The first kappa shape index (κ1) is 13.4. The normalized spacial score (nSPS) is 22.7. The van der Waals surface area contributed by atoms with E-state index in [0.717, 1.165) is 30.8 Å². The summed E-state index contributed by atoms with van der Waals surface area (Å²) in [5.74, 6) is 1.52. The molecule has 1 aromatic carbocycles. The summed E-state index contributed by atoms with van der Waals surface area (Å²) in [7, 11) is 0. The summed E-state index contributed by atoms with van der Waals surface area (Å²) in [6.07, 6.45) is 2.27. The zero-order valence-corrected chi connectivity index (χ0v) is 11.3. The topological polar surface area (TPSA) is 44.5 Å². The van der Waals surface area contributed by atoms with Crippen molar-refractivity contribution in [2.75, 3.05) is 13.2 Å². The molecule has 3 nitrogen and oxygen atoms in total.